The normalized spacial score (nSPS) is 24.6. The van der Waals surface area contributed by atoms with Crippen LogP contribution >= 0.6 is 15.9 Å². The molecule has 2 unspecified atom stereocenters. The van der Waals surface area contributed by atoms with Gasteiger partial charge in [0.2, 0.25) is 0 Å². The summed E-state index contributed by atoms with van der Waals surface area (Å²) >= 11 is 3.58. The van der Waals surface area contributed by atoms with Crippen LogP contribution < -0.4 is 5.32 Å². The second-order valence-electron chi connectivity index (χ2n) is 6.71. The third-order valence-electron chi connectivity index (χ3n) is 5.11. The van der Waals surface area contributed by atoms with Gasteiger partial charge in [-0.15, -0.1) is 0 Å². The summed E-state index contributed by atoms with van der Waals surface area (Å²) in [5, 5.41) is 3.82. The Morgan fingerprint density at radius 2 is 2.05 bits per heavy atom. The van der Waals surface area contributed by atoms with Gasteiger partial charge in [0.25, 0.3) is 0 Å². The first-order chi connectivity index (χ1) is 10.2. The van der Waals surface area contributed by atoms with Crippen molar-refractivity contribution in [3.8, 4) is 0 Å². The molecule has 1 N–H and O–H groups in total. The zero-order chi connectivity index (χ0) is 14.7. The predicted molar refractivity (Wildman–Crippen MR) is 92.8 cm³/mol. The second kappa shape index (κ2) is 7.26. The van der Waals surface area contributed by atoms with E-state index >= 15 is 0 Å². The zero-order valence-corrected chi connectivity index (χ0v) is 14.7. The van der Waals surface area contributed by atoms with Gasteiger partial charge < -0.3 is 5.32 Å². The summed E-state index contributed by atoms with van der Waals surface area (Å²) in [7, 11) is 0. The molecule has 0 spiro atoms. The lowest BCUT2D eigenvalue weighted by Crippen LogP contribution is -2.46. The van der Waals surface area contributed by atoms with Crippen molar-refractivity contribution in [2.45, 2.75) is 57.5 Å². The highest BCUT2D eigenvalue weighted by Crippen LogP contribution is 2.25. The van der Waals surface area contributed by atoms with Crippen molar-refractivity contribution in [1.82, 2.24) is 10.2 Å². The molecule has 2 nitrogen and oxygen atoms in total. The average molecular weight is 351 g/mol. The average Bonchev–Trinajstić information content (AvgIpc) is 2.53. The van der Waals surface area contributed by atoms with E-state index in [-0.39, 0.29) is 0 Å². The summed E-state index contributed by atoms with van der Waals surface area (Å²) in [6.45, 7) is 6.11. The number of nitrogens with zero attached hydrogens (tertiary/aromatic N) is 1. The lowest BCUT2D eigenvalue weighted by atomic mass is 9.88. The van der Waals surface area contributed by atoms with Crippen LogP contribution in [0.4, 0.5) is 0 Å². The molecule has 0 radical (unpaired) electrons. The highest BCUT2D eigenvalue weighted by molar-refractivity contribution is 9.10. The summed E-state index contributed by atoms with van der Waals surface area (Å²) in [4.78, 5) is 2.66. The largest absolute Gasteiger partial charge is 0.312 e. The molecule has 21 heavy (non-hydrogen) atoms. The highest BCUT2D eigenvalue weighted by atomic mass is 79.9. The van der Waals surface area contributed by atoms with Gasteiger partial charge in [-0.3, -0.25) is 4.90 Å². The fraction of sp³-hybridized carbons (Fsp3) is 0.667. The van der Waals surface area contributed by atoms with E-state index < -0.39 is 0 Å². The molecular formula is C18H27BrN2. The Morgan fingerprint density at radius 1 is 1.24 bits per heavy atom. The molecule has 1 aliphatic carbocycles. The molecule has 2 atom stereocenters. The maximum Gasteiger partial charge on any atom is 0.0192 e. The smallest absolute Gasteiger partial charge is 0.0192 e. The molecule has 0 saturated carbocycles. The highest BCUT2D eigenvalue weighted by Gasteiger charge is 2.21. The number of hydrogen-bond acceptors (Lipinski definition) is 2. The van der Waals surface area contributed by atoms with E-state index in [1.165, 1.54) is 67.2 Å². The van der Waals surface area contributed by atoms with Gasteiger partial charge in [0.15, 0.2) is 0 Å². The number of nitrogens with one attached hydrogen (secondary N) is 1. The molecule has 0 amide bonds. The van der Waals surface area contributed by atoms with Crippen molar-refractivity contribution >= 4 is 15.9 Å². The van der Waals surface area contributed by atoms with E-state index in [1.54, 1.807) is 0 Å². The fourth-order valence-electron chi connectivity index (χ4n) is 3.72. The van der Waals surface area contributed by atoms with Crippen molar-refractivity contribution < 1.29 is 0 Å². The molecule has 3 rings (SSSR count). The van der Waals surface area contributed by atoms with Crippen molar-refractivity contribution in [3.05, 3.63) is 33.8 Å². The first-order valence-electron chi connectivity index (χ1n) is 8.47. The van der Waals surface area contributed by atoms with Gasteiger partial charge in [0.05, 0.1) is 0 Å². The number of hydrogen-bond donors (Lipinski definition) is 1. The van der Waals surface area contributed by atoms with Crippen LogP contribution in [0.25, 0.3) is 0 Å². The Labute approximate surface area is 137 Å². The summed E-state index contributed by atoms with van der Waals surface area (Å²) in [6.07, 6.45) is 7.87. The van der Waals surface area contributed by atoms with E-state index in [1.807, 2.05) is 0 Å². The van der Waals surface area contributed by atoms with Gasteiger partial charge >= 0.3 is 0 Å². The number of fused-ring (bicyclic) bond motifs is 1. The Hall–Kier alpha value is -0.380. The van der Waals surface area contributed by atoms with Gasteiger partial charge in [-0.2, -0.15) is 0 Å². The minimum atomic E-state index is 0.658. The van der Waals surface area contributed by atoms with Gasteiger partial charge in [-0.05, 0) is 75.4 Å². The SMILES string of the molecule is CC(CNC1CCc2cc(Br)ccc2C1)N1CCCCC1. The lowest BCUT2D eigenvalue weighted by Gasteiger charge is -2.34. The van der Waals surface area contributed by atoms with Crippen molar-refractivity contribution in [2.75, 3.05) is 19.6 Å². The molecule has 1 aliphatic heterocycles. The van der Waals surface area contributed by atoms with Crippen LogP contribution in [0.3, 0.4) is 0 Å². The topological polar surface area (TPSA) is 15.3 Å². The minimum absolute atomic E-state index is 0.658. The van der Waals surface area contributed by atoms with Crippen LogP contribution in [-0.2, 0) is 12.8 Å². The van der Waals surface area contributed by atoms with Crippen LogP contribution in [0, 0.1) is 0 Å². The molecule has 1 fully saturated rings. The first-order valence-corrected chi connectivity index (χ1v) is 9.26. The van der Waals surface area contributed by atoms with Gasteiger partial charge in [-0.1, -0.05) is 28.4 Å². The molecule has 1 saturated heterocycles. The lowest BCUT2D eigenvalue weighted by molar-refractivity contribution is 0.167. The van der Waals surface area contributed by atoms with Gasteiger partial charge in [0, 0.05) is 23.1 Å². The van der Waals surface area contributed by atoms with E-state index in [0.29, 0.717) is 12.1 Å². The third kappa shape index (κ3) is 4.08. The van der Waals surface area contributed by atoms with Crippen LogP contribution in [0.2, 0.25) is 0 Å². The number of rotatable bonds is 4. The Kier molecular flexibility index (Phi) is 5.36. The van der Waals surface area contributed by atoms with Crippen LogP contribution in [0.1, 0.15) is 43.7 Å². The Morgan fingerprint density at radius 3 is 2.86 bits per heavy atom. The summed E-state index contributed by atoms with van der Waals surface area (Å²) in [5.74, 6) is 0. The molecule has 1 aromatic carbocycles. The zero-order valence-electron chi connectivity index (χ0n) is 13.1. The standard InChI is InChI=1S/C18H27BrN2/c1-14(21-9-3-2-4-10-21)13-20-18-8-6-15-11-17(19)7-5-16(15)12-18/h5,7,11,14,18,20H,2-4,6,8-10,12-13H2,1H3. The maximum atomic E-state index is 3.82. The molecule has 2 aliphatic rings. The number of halogens is 1. The van der Waals surface area contributed by atoms with E-state index in [4.69, 9.17) is 0 Å². The number of piperidine rings is 1. The van der Waals surface area contributed by atoms with Crippen molar-refractivity contribution in [3.63, 3.8) is 0 Å². The molecular weight excluding hydrogens is 324 g/mol. The predicted octanol–water partition coefficient (Wildman–Crippen LogP) is 3.77. The second-order valence-corrected chi connectivity index (χ2v) is 7.62. The monoisotopic (exact) mass is 350 g/mol. The number of benzene rings is 1. The molecule has 3 heteroatoms. The van der Waals surface area contributed by atoms with Crippen molar-refractivity contribution in [2.24, 2.45) is 0 Å². The Balaban J connectivity index is 1.49. The van der Waals surface area contributed by atoms with Gasteiger partial charge in [-0.25, -0.2) is 0 Å². The van der Waals surface area contributed by atoms with Crippen LogP contribution in [0.15, 0.2) is 22.7 Å². The van der Waals surface area contributed by atoms with Crippen LogP contribution in [-0.4, -0.2) is 36.6 Å². The number of likely N-dealkylation sites (tertiary alicyclic amines) is 1. The van der Waals surface area contributed by atoms with Gasteiger partial charge in [0.1, 0.15) is 0 Å². The molecule has 1 heterocycles. The first kappa shape index (κ1) is 15.5. The van der Waals surface area contributed by atoms with E-state index in [2.05, 4.69) is 51.3 Å². The molecule has 0 bridgehead atoms. The molecule has 116 valence electrons. The van der Waals surface area contributed by atoms with E-state index in [9.17, 15) is 0 Å². The van der Waals surface area contributed by atoms with Crippen molar-refractivity contribution in [1.29, 1.82) is 0 Å². The number of aryl methyl sites for hydroxylation is 1. The summed E-state index contributed by atoms with van der Waals surface area (Å²) < 4.78 is 1.21. The molecule has 1 aromatic rings. The molecule has 0 aromatic heterocycles. The van der Waals surface area contributed by atoms with Crippen LogP contribution in [0.5, 0.6) is 0 Å². The van der Waals surface area contributed by atoms with E-state index in [0.717, 1.165) is 6.54 Å². The Bertz CT molecular complexity index is 468. The summed E-state index contributed by atoms with van der Waals surface area (Å²) in [5.41, 5.74) is 3.07. The quantitative estimate of drug-likeness (QED) is 0.888. The summed E-state index contributed by atoms with van der Waals surface area (Å²) in [6, 6.07) is 8.10. The maximum absolute atomic E-state index is 3.82. The third-order valence-corrected chi connectivity index (χ3v) is 5.61. The minimum Gasteiger partial charge on any atom is -0.312 e. The fourth-order valence-corrected chi connectivity index (χ4v) is 4.13.